The molecule has 0 saturated carbocycles. The fourth-order valence-corrected chi connectivity index (χ4v) is 3.65. The van der Waals surface area contributed by atoms with Gasteiger partial charge in [0.1, 0.15) is 12.1 Å². The third kappa shape index (κ3) is 3.44. The van der Waals surface area contributed by atoms with Crippen molar-refractivity contribution in [3.05, 3.63) is 42.5 Å². The lowest BCUT2D eigenvalue weighted by Crippen LogP contribution is -2.50. The molecule has 154 valence electrons. The van der Waals surface area contributed by atoms with Gasteiger partial charge in [0.25, 0.3) is 5.91 Å². The Kier molecular flexibility index (Phi) is 6.12. The van der Waals surface area contributed by atoms with Gasteiger partial charge < -0.3 is 15.2 Å². The monoisotopic (exact) mass is 397 g/mol. The molecule has 0 fully saturated rings. The van der Waals surface area contributed by atoms with E-state index < -0.39 is 5.54 Å². The van der Waals surface area contributed by atoms with Crippen molar-refractivity contribution in [2.24, 2.45) is 16.6 Å². The number of ether oxygens (including phenoxy) is 2. The van der Waals surface area contributed by atoms with Crippen LogP contribution in [0.2, 0.25) is 0 Å². The summed E-state index contributed by atoms with van der Waals surface area (Å²) in [5.41, 5.74) is 7.30. The van der Waals surface area contributed by atoms with Crippen LogP contribution < -0.4 is 10.5 Å². The molecular weight excluding hydrogens is 370 g/mol. The highest BCUT2D eigenvalue weighted by molar-refractivity contribution is 6.07. The Morgan fingerprint density at radius 2 is 2.00 bits per heavy atom. The first-order chi connectivity index (χ1) is 14.1. The second-order valence-corrected chi connectivity index (χ2v) is 6.61. The second kappa shape index (κ2) is 8.57. The smallest absolute Gasteiger partial charge is 0.262 e. The summed E-state index contributed by atoms with van der Waals surface area (Å²) < 4.78 is 11.6. The SMILES string of the molecule is CC.CCOC[C@@H]1COc2ccc(-c3cncnc3)cc2C12N=C(N)N(C)C2=O. The van der Waals surface area contributed by atoms with Crippen LogP contribution in [-0.2, 0) is 15.1 Å². The number of aliphatic imine (C=N–C) groups is 1. The molecule has 0 radical (unpaired) electrons. The number of amides is 1. The van der Waals surface area contributed by atoms with Crippen LogP contribution in [0.4, 0.5) is 0 Å². The summed E-state index contributed by atoms with van der Waals surface area (Å²) in [5.74, 6) is 0.380. The number of likely N-dealkylation sites (N-methyl/N-ethyl adjacent to an activating group) is 1. The van der Waals surface area contributed by atoms with E-state index in [-0.39, 0.29) is 17.8 Å². The van der Waals surface area contributed by atoms with Crippen molar-refractivity contribution < 1.29 is 14.3 Å². The summed E-state index contributed by atoms with van der Waals surface area (Å²) in [6.07, 6.45) is 4.93. The Morgan fingerprint density at radius 1 is 1.28 bits per heavy atom. The minimum atomic E-state index is -1.15. The summed E-state index contributed by atoms with van der Waals surface area (Å²) in [7, 11) is 1.64. The molecule has 0 bridgehead atoms. The molecule has 1 unspecified atom stereocenters. The van der Waals surface area contributed by atoms with Gasteiger partial charge in [-0.15, -0.1) is 0 Å². The Morgan fingerprint density at radius 3 is 2.62 bits per heavy atom. The Labute approximate surface area is 170 Å². The van der Waals surface area contributed by atoms with E-state index in [1.54, 1.807) is 19.4 Å². The van der Waals surface area contributed by atoms with Gasteiger partial charge in [0.2, 0.25) is 0 Å². The third-order valence-electron chi connectivity index (χ3n) is 5.10. The maximum atomic E-state index is 13.3. The van der Waals surface area contributed by atoms with E-state index in [1.807, 2.05) is 39.0 Å². The van der Waals surface area contributed by atoms with Gasteiger partial charge in [-0.1, -0.05) is 19.9 Å². The number of benzene rings is 1. The molecule has 8 heteroatoms. The van der Waals surface area contributed by atoms with Crippen molar-refractivity contribution in [1.82, 2.24) is 14.9 Å². The molecule has 2 aliphatic rings. The third-order valence-corrected chi connectivity index (χ3v) is 5.10. The molecule has 1 spiro atoms. The average molecular weight is 397 g/mol. The zero-order chi connectivity index (χ0) is 21.0. The normalized spacial score (nSPS) is 22.5. The molecule has 1 aromatic carbocycles. The highest BCUT2D eigenvalue weighted by Gasteiger charge is 2.57. The summed E-state index contributed by atoms with van der Waals surface area (Å²) in [5, 5.41) is 0. The van der Waals surface area contributed by atoms with Crippen LogP contribution in [0, 0.1) is 5.92 Å². The minimum absolute atomic E-state index is 0.171. The number of rotatable bonds is 4. The molecule has 1 aromatic heterocycles. The van der Waals surface area contributed by atoms with Crippen molar-refractivity contribution in [3.8, 4) is 16.9 Å². The van der Waals surface area contributed by atoms with Crippen molar-refractivity contribution in [3.63, 3.8) is 0 Å². The summed E-state index contributed by atoms with van der Waals surface area (Å²) in [6, 6.07) is 5.69. The van der Waals surface area contributed by atoms with E-state index in [0.29, 0.717) is 31.1 Å². The fraction of sp³-hybridized carbons (Fsp3) is 0.429. The molecule has 4 rings (SSSR count). The Bertz CT molecular complexity index is 902. The van der Waals surface area contributed by atoms with Crippen LogP contribution in [0.3, 0.4) is 0 Å². The number of aromatic nitrogens is 2. The zero-order valence-corrected chi connectivity index (χ0v) is 17.3. The van der Waals surface area contributed by atoms with Crippen LogP contribution in [-0.4, -0.2) is 53.6 Å². The quantitative estimate of drug-likeness (QED) is 0.848. The molecule has 8 nitrogen and oxygen atoms in total. The van der Waals surface area contributed by atoms with Crippen molar-refractivity contribution >= 4 is 11.9 Å². The van der Waals surface area contributed by atoms with Gasteiger partial charge in [-0.05, 0) is 24.6 Å². The lowest BCUT2D eigenvalue weighted by Gasteiger charge is -2.38. The van der Waals surface area contributed by atoms with Gasteiger partial charge in [0, 0.05) is 37.2 Å². The standard InChI is InChI=1S/C19H21N5O3.C2H6/c1-3-26-9-14-10-27-16-5-4-12(13-7-21-11-22-8-13)6-15(16)19(14)17(25)24(2)18(20)23-19;1-2/h4-8,11,14H,3,9-10H2,1-2H3,(H2,20,23);1-2H3/t14-,19?;/m1./s1. The lowest BCUT2D eigenvalue weighted by molar-refractivity contribution is -0.135. The molecule has 2 aromatic rings. The number of hydrogen-bond donors (Lipinski definition) is 1. The molecule has 2 aliphatic heterocycles. The van der Waals surface area contributed by atoms with Gasteiger partial charge in [0.05, 0.1) is 19.1 Å². The van der Waals surface area contributed by atoms with Crippen LogP contribution in [0.25, 0.3) is 11.1 Å². The first-order valence-electron chi connectivity index (χ1n) is 9.82. The van der Waals surface area contributed by atoms with Crippen LogP contribution in [0.5, 0.6) is 5.75 Å². The largest absolute Gasteiger partial charge is 0.493 e. The van der Waals surface area contributed by atoms with E-state index in [9.17, 15) is 4.79 Å². The molecule has 1 amide bonds. The van der Waals surface area contributed by atoms with Crippen LogP contribution in [0.1, 0.15) is 26.3 Å². The molecular formula is C21H27N5O3. The number of guanidine groups is 1. The van der Waals surface area contributed by atoms with Gasteiger partial charge in [0.15, 0.2) is 11.5 Å². The van der Waals surface area contributed by atoms with E-state index in [0.717, 1.165) is 11.1 Å². The Balaban J connectivity index is 0.00000117. The molecule has 0 saturated heterocycles. The van der Waals surface area contributed by atoms with Crippen LogP contribution >= 0.6 is 0 Å². The van der Waals surface area contributed by atoms with Gasteiger partial charge >= 0.3 is 0 Å². The molecule has 3 heterocycles. The molecule has 0 aliphatic carbocycles. The van der Waals surface area contributed by atoms with Crippen molar-refractivity contribution in [2.45, 2.75) is 26.3 Å². The predicted octanol–water partition coefficient (Wildman–Crippen LogP) is 2.20. The van der Waals surface area contributed by atoms with E-state index in [2.05, 4.69) is 15.0 Å². The molecule has 2 N–H and O–H groups in total. The predicted molar refractivity (Wildman–Crippen MR) is 110 cm³/mol. The number of fused-ring (bicyclic) bond motifs is 2. The maximum absolute atomic E-state index is 13.3. The number of hydrogen-bond acceptors (Lipinski definition) is 7. The van der Waals surface area contributed by atoms with E-state index >= 15 is 0 Å². The first-order valence-corrected chi connectivity index (χ1v) is 9.82. The van der Waals surface area contributed by atoms with Crippen LogP contribution in [0.15, 0.2) is 41.9 Å². The van der Waals surface area contributed by atoms with E-state index in [4.69, 9.17) is 15.2 Å². The number of nitrogens with zero attached hydrogens (tertiary/aromatic N) is 4. The number of nitrogens with two attached hydrogens (primary N) is 1. The number of carbonyl (C=O) groups excluding carboxylic acids is 1. The first kappa shape index (κ1) is 20.7. The lowest BCUT2D eigenvalue weighted by atomic mass is 9.76. The molecule has 29 heavy (non-hydrogen) atoms. The van der Waals surface area contributed by atoms with Gasteiger partial charge in [-0.2, -0.15) is 0 Å². The van der Waals surface area contributed by atoms with E-state index in [1.165, 1.54) is 11.2 Å². The molecule has 2 atom stereocenters. The Hall–Kier alpha value is -3.00. The summed E-state index contributed by atoms with van der Waals surface area (Å²) in [6.45, 7) is 7.14. The highest BCUT2D eigenvalue weighted by atomic mass is 16.5. The fourth-order valence-electron chi connectivity index (χ4n) is 3.65. The minimum Gasteiger partial charge on any atom is -0.493 e. The summed E-state index contributed by atoms with van der Waals surface area (Å²) >= 11 is 0. The second-order valence-electron chi connectivity index (χ2n) is 6.61. The van der Waals surface area contributed by atoms with Crippen molar-refractivity contribution in [2.75, 3.05) is 26.9 Å². The van der Waals surface area contributed by atoms with Gasteiger partial charge in [-0.3, -0.25) is 9.69 Å². The number of carbonyl (C=O) groups is 1. The van der Waals surface area contributed by atoms with Crippen molar-refractivity contribution in [1.29, 1.82) is 0 Å². The van der Waals surface area contributed by atoms with Gasteiger partial charge in [-0.25, -0.2) is 15.0 Å². The average Bonchev–Trinajstić information content (AvgIpc) is 3.00. The highest BCUT2D eigenvalue weighted by Crippen LogP contribution is 2.48. The zero-order valence-electron chi connectivity index (χ0n) is 17.3. The summed E-state index contributed by atoms with van der Waals surface area (Å²) in [4.78, 5) is 27.4. The topological polar surface area (TPSA) is 103 Å². The maximum Gasteiger partial charge on any atom is 0.262 e.